The summed E-state index contributed by atoms with van der Waals surface area (Å²) in [4.78, 5) is 41.7. The van der Waals surface area contributed by atoms with Gasteiger partial charge < -0.3 is 4.74 Å². The number of carbonyl (C=O) groups is 1. The highest BCUT2D eigenvalue weighted by Gasteiger charge is 2.22. The Hall–Kier alpha value is -2.09. The predicted octanol–water partition coefficient (Wildman–Crippen LogP) is 1.24. The van der Waals surface area contributed by atoms with Crippen LogP contribution in [0.15, 0.2) is 20.7 Å². The molecule has 2 aromatic heterocycles. The highest BCUT2D eigenvalue weighted by molar-refractivity contribution is 8.00. The Balaban J connectivity index is 2.73. The van der Waals surface area contributed by atoms with Gasteiger partial charge in [-0.15, -0.1) is 11.8 Å². The average Bonchev–Trinajstić information content (AvgIpc) is 2.57. The molecule has 0 amide bonds. The minimum atomic E-state index is -0.470. The molecule has 0 saturated heterocycles. The number of esters is 1. The van der Waals surface area contributed by atoms with Crippen LogP contribution >= 0.6 is 11.8 Å². The molecule has 0 saturated carbocycles. The number of hydrogen-bond acceptors (Lipinski definition) is 6. The number of thioether (sulfide) groups is 1. The van der Waals surface area contributed by atoms with E-state index < -0.39 is 16.5 Å². The summed E-state index contributed by atoms with van der Waals surface area (Å²) in [7, 11) is 3.01. The Labute approximate surface area is 143 Å². The molecular weight excluding hydrogens is 330 g/mol. The molecule has 0 fully saturated rings. The van der Waals surface area contributed by atoms with Gasteiger partial charge in [-0.1, -0.05) is 6.92 Å². The van der Waals surface area contributed by atoms with Gasteiger partial charge in [0.25, 0.3) is 5.56 Å². The van der Waals surface area contributed by atoms with Crippen molar-refractivity contribution < 1.29 is 9.53 Å². The summed E-state index contributed by atoms with van der Waals surface area (Å²) < 4.78 is 7.44. The van der Waals surface area contributed by atoms with Crippen molar-refractivity contribution in [1.82, 2.24) is 14.1 Å². The van der Waals surface area contributed by atoms with Crippen molar-refractivity contribution in [3.05, 3.63) is 32.6 Å². The van der Waals surface area contributed by atoms with Crippen LogP contribution in [0, 0.1) is 0 Å². The molecular formula is C16H21N3O4S. The fourth-order valence-corrected chi connectivity index (χ4v) is 3.58. The minimum Gasteiger partial charge on any atom is -0.465 e. The van der Waals surface area contributed by atoms with Crippen molar-refractivity contribution in [2.45, 2.75) is 37.3 Å². The van der Waals surface area contributed by atoms with Crippen LogP contribution in [0.5, 0.6) is 0 Å². The van der Waals surface area contributed by atoms with Crippen LogP contribution in [-0.4, -0.2) is 31.9 Å². The lowest BCUT2D eigenvalue weighted by atomic mass is 10.2. The Morgan fingerprint density at radius 3 is 2.54 bits per heavy atom. The topological polar surface area (TPSA) is 83.2 Å². The monoisotopic (exact) mass is 351 g/mol. The van der Waals surface area contributed by atoms with E-state index in [0.717, 1.165) is 10.1 Å². The lowest BCUT2D eigenvalue weighted by molar-refractivity contribution is -0.142. The van der Waals surface area contributed by atoms with E-state index in [4.69, 9.17) is 4.74 Å². The van der Waals surface area contributed by atoms with Gasteiger partial charge in [0, 0.05) is 25.2 Å². The number of pyridine rings is 1. The van der Waals surface area contributed by atoms with Crippen LogP contribution in [0.4, 0.5) is 0 Å². The third-order valence-corrected chi connectivity index (χ3v) is 5.04. The summed E-state index contributed by atoms with van der Waals surface area (Å²) in [5.41, 5.74) is 0.339. The van der Waals surface area contributed by atoms with E-state index >= 15 is 0 Å². The van der Waals surface area contributed by atoms with Crippen LogP contribution in [0.1, 0.15) is 26.3 Å². The van der Waals surface area contributed by atoms with Crippen LogP contribution in [0.3, 0.4) is 0 Å². The minimum absolute atomic E-state index is 0.303. The molecule has 130 valence electrons. The summed E-state index contributed by atoms with van der Waals surface area (Å²) in [5.74, 6) is -0.337. The Kier molecular flexibility index (Phi) is 5.48. The van der Waals surface area contributed by atoms with Crippen molar-refractivity contribution in [3.63, 3.8) is 0 Å². The second-order valence-corrected chi connectivity index (χ2v) is 6.73. The number of aromatic nitrogens is 3. The van der Waals surface area contributed by atoms with Gasteiger partial charge in [0.2, 0.25) is 0 Å². The molecule has 0 radical (unpaired) electrons. The number of hydrogen-bond donors (Lipinski definition) is 0. The quantitative estimate of drug-likeness (QED) is 0.595. The summed E-state index contributed by atoms with van der Waals surface area (Å²) in [6.45, 7) is 5.74. The molecule has 8 heteroatoms. The summed E-state index contributed by atoms with van der Waals surface area (Å²) in [6, 6.07) is 0. The molecule has 0 aromatic carbocycles. The van der Waals surface area contributed by atoms with Gasteiger partial charge in [-0.3, -0.25) is 18.7 Å². The first-order valence-corrected chi connectivity index (χ1v) is 8.62. The van der Waals surface area contributed by atoms with Crippen molar-refractivity contribution >= 4 is 28.8 Å². The Morgan fingerprint density at radius 1 is 1.29 bits per heavy atom. The maximum absolute atomic E-state index is 12.6. The van der Waals surface area contributed by atoms with Gasteiger partial charge in [0.1, 0.15) is 10.9 Å². The van der Waals surface area contributed by atoms with Crippen LogP contribution in [0.2, 0.25) is 0 Å². The summed E-state index contributed by atoms with van der Waals surface area (Å²) in [5, 5.41) is -0.108. The smallest absolute Gasteiger partial charge is 0.332 e. The normalized spacial score (nSPS) is 12.4. The standard InChI is InChI=1S/C16H21N3O4S/c1-6-10-8-17-13-11(14(20)19(5)16(22)18(13)4)12(10)24-9(3)15(21)23-7-2/h8-9H,6-7H2,1-5H3. The molecule has 0 spiro atoms. The van der Waals surface area contributed by atoms with Gasteiger partial charge in [-0.05, 0) is 25.8 Å². The molecule has 0 aliphatic carbocycles. The Morgan fingerprint density at radius 2 is 1.96 bits per heavy atom. The second-order valence-electron chi connectivity index (χ2n) is 5.38. The molecule has 2 heterocycles. The second kappa shape index (κ2) is 7.21. The zero-order valence-electron chi connectivity index (χ0n) is 14.5. The fourth-order valence-electron chi connectivity index (χ4n) is 2.41. The molecule has 24 heavy (non-hydrogen) atoms. The molecule has 2 aromatic rings. The first-order valence-electron chi connectivity index (χ1n) is 7.74. The van der Waals surface area contributed by atoms with Gasteiger partial charge in [-0.2, -0.15) is 0 Å². The molecule has 1 atom stereocenters. The molecule has 0 N–H and O–H groups in total. The highest BCUT2D eigenvalue weighted by Crippen LogP contribution is 2.32. The number of carbonyl (C=O) groups excluding carboxylic acids is 1. The SMILES string of the molecule is CCOC(=O)C(C)Sc1c(CC)cnc2c1c(=O)n(C)c(=O)n2C. The van der Waals surface area contributed by atoms with Crippen LogP contribution in [0.25, 0.3) is 11.0 Å². The largest absolute Gasteiger partial charge is 0.465 e. The number of rotatable bonds is 5. The zero-order valence-corrected chi connectivity index (χ0v) is 15.3. The molecule has 0 aliphatic heterocycles. The molecule has 2 rings (SSSR count). The maximum Gasteiger partial charge on any atom is 0.332 e. The lowest BCUT2D eigenvalue weighted by Crippen LogP contribution is -2.37. The van der Waals surface area contributed by atoms with Gasteiger partial charge in [0.15, 0.2) is 0 Å². The highest BCUT2D eigenvalue weighted by atomic mass is 32.2. The van der Waals surface area contributed by atoms with E-state index in [1.54, 1.807) is 27.1 Å². The van der Waals surface area contributed by atoms with Crippen molar-refractivity contribution in [2.24, 2.45) is 14.1 Å². The summed E-state index contributed by atoms with van der Waals surface area (Å²) in [6.07, 6.45) is 2.31. The number of fused-ring (bicyclic) bond motifs is 1. The molecule has 1 unspecified atom stereocenters. The third kappa shape index (κ3) is 3.10. The first-order chi connectivity index (χ1) is 11.3. The van der Waals surface area contributed by atoms with E-state index in [1.807, 2.05) is 6.92 Å². The van der Waals surface area contributed by atoms with E-state index in [1.165, 1.54) is 23.4 Å². The van der Waals surface area contributed by atoms with E-state index in [9.17, 15) is 14.4 Å². The fraction of sp³-hybridized carbons (Fsp3) is 0.500. The van der Waals surface area contributed by atoms with Gasteiger partial charge in [0.05, 0.1) is 12.0 Å². The van der Waals surface area contributed by atoms with Crippen molar-refractivity contribution in [1.29, 1.82) is 0 Å². The van der Waals surface area contributed by atoms with Crippen LogP contribution in [-0.2, 0) is 30.0 Å². The molecule has 0 bridgehead atoms. The lowest BCUT2D eigenvalue weighted by Gasteiger charge is -2.16. The zero-order chi connectivity index (χ0) is 18.0. The number of ether oxygens (including phenoxy) is 1. The van der Waals surface area contributed by atoms with Crippen molar-refractivity contribution in [3.8, 4) is 0 Å². The summed E-state index contributed by atoms with van der Waals surface area (Å²) >= 11 is 1.27. The van der Waals surface area contributed by atoms with Crippen molar-refractivity contribution in [2.75, 3.05) is 6.61 Å². The third-order valence-electron chi connectivity index (χ3n) is 3.79. The average molecular weight is 351 g/mol. The predicted molar refractivity (Wildman–Crippen MR) is 93.6 cm³/mol. The number of nitrogens with zero attached hydrogens (tertiary/aromatic N) is 3. The first kappa shape index (κ1) is 18.3. The van der Waals surface area contributed by atoms with Gasteiger partial charge in [-0.25, -0.2) is 9.78 Å². The van der Waals surface area contributed by atoms with Gasteiger partial charge >= 0.3 is 11.7 Å². The Bertz CT molecular complexity index is 901. The maximum atomic E-state index is 12.6. The van der Waals surface area contributed by atoms with E-state index in [0.29, 0.717) is 29.0 Å². The number of aryl methyl sites for hydroxylation is 2. The molecule has 0 aliphatic rings. The van der Waals surface area contributed by atoms with Crippen LogP contribution < -0.4 is 11.2 Å². The van der Waals surface area contributed by atoms with E-state index in [2.05, 4.69) is 4.98 Å². The van der Waals surface area contributed by atoms with E-state index in [-0.39, 0.29) is 5.97 Å². The molecule has 7 nitrogen and oxygen atoms in total.